The van der Waals surface area contributed by atoms with Crippen LogP contribution >= 0.6 is 0 Å². The van der Waals surface area contributed by atoms with Crippen molar-refractivity contribution in [2.75, 3.05) is 38.6 Å². The average molecular weight is 576 g/mol. The van der Waals surface area contributed by atoms with Gasteiger partial charge < -0.3 is 36.1 Å². The highest BCUT2D eigenvalue weighted by atomic mass is 32.2. The molecular formula is C29H43N4O6S-. The molecule has 11 heteroatoms. The molecule has 40 heavy (non-hydrogen) atoms. The Morgan fingerprint density at radius 3 is 2.40 bits per heavy atom. The summed E-state index contributed by atoms with van der Waals surface area (Å²) in [6.45, 7) is 4.91. The molecule has 0 aromatic heterocycles. The molecule has 0 unspecified atom stereocenters. The molecule has 1 aliphatic heterocycles. The van der Waals surface area contributed by atoms with E-state index in [0.29, 0.717) is 25.3 Å². The molecule has 2 aromatic carbocycles. The third-order valence-electron chi connectivity index (χ3n) is 7.42. The predicted octanol–water partition coefficient (Wildman–Crippen LogP) is 1.82. The number of nitrogens with two attached hydrogens (primary N) is 2. The first-order valence-electron chi connectivity index (χ1n) is 13.8. The Hall–Kier alpha value is -2.70. The van der Waals surface area contributed by atoms with Gasteiger partial charge in [-0.1, -0.05) is 50.6 Å². The van der Waals surface area contributed by atoms with E-state index in [-0.39, 0.29) is 31.0 Å². The Kier molecular flexibility index (Phi) is 11.4. The lowest BCUT2D eigenvalue weighted by atomic mass is 9.87. The first kappa shape index (κ1) is 31.8. The Morgan fingerprint density at radius 1 is 1.15 bits per heavy atom. The van der Waals surface area contributed by atoms with Gasteiger partial charge in [-0.15, -0.1) is 0 Å². The van der Waals surface area contributed by atoms with Crippen molar-refractivity contribution in [3.8, 4) is 0 Å². The molecule has 3 rings (SSSR count). The number of unbranched alkanes of at least 4 members (excludes halogenated alkanes) is 1. The second-order valence-electron chi connectivity index (χ2n) is 11.3. The smallest absolute Gasteiger partial charge is 0.243 e. The summed E-state index contributed by atoms with van der Waals surface area (Å²) in [4.78, 5) is 13.6. The minimum Gasteiger partial charge on any atom is -0.530 e. The molecule has 1 fully saturated rings. The quantitative estimate of drug-likeness (QED) is 0.214. The highest BCUT2D eigenvalue weighted by Gasteiger charge is 2.38. The van der Waals surface area contributed by atoms with Crippen LogP contribution in [0.1, 0.15) is 45.1 Å². The average Bonchev–Trinajstić information content (AvgIpc) is 3.43. The van der Waals surface area contributed by atoms with E-state index in [2.05, 4.69) is 0 Å². The molecule has 1 saturated heterocycles. The van der Waals surface area contributed by atoms with Gasteiger partial charge in [-0.3, -0.25) is 0 Å². The summed E-state index contributed by atoms with van der Waals surface area (Å²) in [6, 6.07) is 13.7. The molecule has 0 spiro atoms. The van der Waals surface area contributed by atoms with Gasteiger partial charge in [-0.25, -0.2) is 8.42 Å². The highest BCUT2D eigenvalue weighted by Crippen LogP contribution is 2.29. The lowest BCUT2D eigenvalue weighted by molar-refractivity contribution is -0.272. The first-order valence-corrected chi connectivity index (χ1v) is 15.2. The topological polar surface area (TPSA) is 162 Å². The number of hydrogen-bond acceptors (Lipinski definition) is 8. The van der Waals surface area contributed by atoms with Gasteiger partial charge in [0.2, 0.25) is 10.0 Å². The van der Waals surface area contributed by atoms with E-state index < -0.39 is 39.7 Å². The molecule has 222 valence electrons. The Balaban J connectivity index is 1.98. The second kappa shape index (κ2) is 14.3. The van der Waals surface area contributed by atoms with Crippen LogP contribution in [0.3, 0.4) is 0 Å². The van der Waals surface area contributed by atoms with Crippen molar-refractivity contribution in [1.82, 2.24) is 9.21 Å². The molecule has 2 aromatic rings. The van der Waals surface area contributed by atoms with Crippen LogP contribution in [0.15, 0.2) is 59.5 Å². The Bertz CT molecular complexity index is 1170. The van der Waals surface area contributed by atoms with E-state index in [1.54, 1.807) is 0 Å². The third-order valence-corrected chi connectivity index (χ3v) is 9.25. The summed E-state index contributed by atoms with van der Waals surface area (Å²) in [7, 11) is -4.06. The molecular weight excluding hydrogens is 532 g/mol. The van der Waals surface area contributed by atoms with Gasteiger partial charge >= 0.3 is 0 Å². The lowest BCUT2D eigenvalue weighted by Crippen LogP contribution is -2.59. The van der Waals surface area contributed by atoms with Crippen LogP contribution in [0, 0.1) is 5.41 Å². The molecule has 1 amide bonds. The zero-order chi connectivity index (χ0) is 29.3. The summed E-state index contributed by atoms with van der Waals surface area (Å²) in [5, 5.41) is 24.1. The van der Waals surface area contributed by atoms with E-state index >= 15 is 0 Å². The van der Waals surface area contributed by atoms with E-state index in [1.165, 1.54) is 28.6 Å². The van der Waals surface area contributed by atoms with Gasteiger partial charge in [0.1, 0.15) is 6.09 Å². The fourth-order valence-corrected chi connectivity index (χ4v) is 6.89. The standard InChI is InChI=1S/C29H44N4O6S/c1-29(2,15-6-7-16-30)21-32(40(37,38)25-12-10-23(31)11-13-25)19-27(34)26(18-22-8-4-3-5-9-22)33(28(35)36)24-14-17-39-20-24/h3-5,8-13,24,26-27,34H,6-7,14-21,30-31H2,1-2H3,(H,35,36)/p-1/t24-,26-,27+/m0/s1. The number of anilines is 1. The van der Waals surface area contributed by atoms with Crippen molar-refractivity contribution in [3.63, 3.8) is 0 Å². The number of hydrogen-bond donors (Lipinski definition) is 3. The predicted molar refractivity (Wildman–Crippen MR) is 153 cm³/mol. The van der Waals surface area contributed by atoms with Crippen LogP contribution in [0.25, 0.3) is 0 Å². The molecule has 0 radical (unpaired) electrons. The van der Waals surface area contributed by atoms with Crippen LogP contribution in [0.2, 0.25) is 0 Å². The summed E-state index contributed by atoms with van der Waals surface area (Å²) >= 11 is 0. The van der Waals surface area contributed by atoms with Crippen LogP contribution in [-0.4, -0.2) is 79.9 Å². The largest absolute Gasteiger partial charge is 0.530 e. The maximum Gasteiger partial charge on any atom is 0.243 e. The number of carbonyl (C=O) groups excluding carboxylic acids is 1. The van der Waals surface area contributed by atoms with Crippen molar-refractivity contribution < 1.29 is 28.2 Å². The lowest BCUT2D eigenvalue weighted by Gasteiger charge is -2.42. The van der Waals surface area contributed by atoms with E-state index in [9.17, 15) is 23.4 Å². The number of benzene rings is 2. The number of rotatable bonds is 15. The normalized spacial score (nSPS) is 17.6. The van der Waals surface area contributed by atoms with Gasteiger partial charge in [0.15, 0.2) is 0 Å². The molecule has 0 saturated carbocycles. The van der Waals surface area contributed by atoms with Gasteiger partial charge in [-0.2, -0.15) is 4.31 Å². The zero-order valence-electron chi connectivity index (χ0n) is 23.4. The number of amides is 1. The van der Waals surface area contributed by atoms with Crippen LogP contribution in [-0.2, 0) is 21.2 Å². The van der Waals surface area contributed by atoms with E-state index in [0.717, 1.165) is 29.7 Å². The zero-order valence-corrected chi connectivity index (χ0v) is 24.3. The van der Waals surface area contributed by atoms with Gasteiger partial charge in [0.05, 0.1) is 29.7 Å². The Morgan fingerprint density at radius 2 is 1.82 bits per heavy atom. The van der Waals surface area contributed by atoms with Crippen molar-refractivity contribution in [2.24, 2.45) is 11.1 Å². The van der Waals surface area contributed by atoms with E-state index in [4.69, 9.17) is 16.2 Å². The Labute approximate surface area is 238 Å². The fraction of sp³-hybridized carbons (Fsp3) is 0.552. The van der Waals surface area contributed by atoms with Gasteiger partial charge in [0, 0.05) is 25.4 Å². The summed E-state index contributed by atoms with van der Waals surface area (Å²) in [5.74, 6) is 0. The number of nitrogen functional groups attached to an aromatic ring is 1. The summed E-state index contributed by atoms with van der Waals surface area (Å²) < 4.78 is 34.5. The SMILES string of the molecule is CC(C)(CCCCN)CN(C[C@@H](O)[C@H](Cc1ccccc1)N(C(=O)[O-])[C@H]1CCOC1)S(=O)(=O)c1ccc(N)cc1. The third kappa shape index (κ3) is 8.65. The minimum absolute atomic E-state index is 0.0483. The molecule has 3 atom stereocenters. The van der Waals surface area contributed by atoms with Crippen molar-refractivity contribution in [3.05, 3.63) is 60.2 Å². The number of carboxylic acid groups (broad SMARTS) is 1. The fourth-order valence-electron chi connectivity index (χ4n) is 5.24. The number of aliphatic hydroxyl groups is 1. The second-order valence-corrected chi connectivity index (χ2v) is 13.2. The summed E-state index contributed by atoms with van der Waals surface area (Å²) in [6.07, 6.45) is 0.257. The number of carbonyl (C=O) groups is 1. The van der Waals surface area contributed by atoms with Crippen LogP contribution in [0.5, 0.6) is 0 Å². The van der Waals surface area contributed by atoms with E-state index in [1.807, 2.05) is 44.2 Å². The number of aliphatic hydroxyl groups excluding tert-OH is 1. The van der Waals surface area contributed by atoms with Crippen molar-refractivity contribution in [1.29, 1.82) is 0 Å². The molecule has 5 N–H and O–H groups in total. The monoisotopic (exact) mass is 575 g/mol. The van der Waals surface area contributed by atoms with Crippen LogP contribution in [0.4, 0.5) is 10.5 Å². The van der Waals surface area contributed by atoms with Gasteiger partial charge in [-0.05, 0) is 67.5 Å². The molecule has 1 heterocycles. The molecule has 0 bridgehead atoms. The maximum atomic E-state index is 13.9. The molecule has 0 aliphatic carbocycles. The maximum absolute atomic E-state index is 13.9. The van der Waals surface area contributed by atoms with Crippen molar-refractivity contribution >= 4 is 21.8 Å². The molecule has 10 nitrogen and oxygen atoms in total. The number of sulfonamides is 1. The first-order chi connectivity index (χ1) is 18.9. The number of nitrogens with zero attached hydrogens (tertiary/aromatic N) is 2. The number of ether oxygens (including phenoxy) is 1. The van der Waals surface area contributed by atoms with Crippen LogP contribution < -0.4 is 16.6 Å². The molecule has 1 aliphatic rings. The summed E-state index contributed by atoms with van der Waals surface area (Å²) in [5.41, 5.74) is 12.3. The van der Waals surface area contributed by atoms with Crippen molar-refractivity contribution in [2.45, 2.75) is 69.0 Å². The minimum atomic E-state index is -4.06. The highest BCUT2D eigenvalue weighted by molar-refractivity contribution is 7.89. The van der Waals surface area contributed by atoms with Gasteiger partial charge in [0.25, 0.3) is 0 Å².